The molecule has 0 saturated carbocycles. The summed E-state index contributed by atoms with van der Waals surface area (Å²) in [7, 11) is 0. The molecule has 0 radical (unpaired) electrons. The van der Waals surface area contributed by atoms with Crippen molar-refractivity contribution < 1.29 is 24.2 Å². The fraction of sp³-hybridized carbons (Fsp3) is 0.375. The van der Waals surface area contributed by atoms with Gasteiger partial charge in [-0.05, 0) is 24.3 Å². The highest BCUT2D eigenvalue weighted by atomic mass is 32.1. The van der Waals surface area contributed by atoms with Crippen LogP contribution in [0.3, 0.4) is 0 Å². The summed E-state index contributed by atoms with van der Waals surface area (Å²) in [6, 6.07) is 9.37. The summed E-state index contributed by atoms with van der Waals surface area (Å²) in [6.45, 7) is 2.51. The zero-order chi connectivity index (χ0) is 18.4. The third kappa shape index (κ3) is 4.59. The third-order valence-corrected chi connectivity index (χ3v) is 5.57. The number of rotatable bonds is 3. The molecule has 0 aromatic carbocycles. The molecule has 4 rings (SSSR count). The fourth-order valence-corrected chi connectivity index (χ4v) is 3.96. The minimum absolute atomic E-state index is 0.110. The van der Waals surface area contributed by atoms with Crippen LogP contribution >= 0.6 is 22.7 Å². The van der Waals surface area contributed by atoms with Crippen LogP contribution in [0, 0.1) is 11.3 Å². The Morgan fingerprint density at radius 3 is 2.04 bits per heavy atom. The first kappa shape index (κ1) is 18.8. The van der Waals surface area contributed by atoms with Crippen molar-refractivity contribution in [3.05, 3.63) is 43.8 Å². The summed E-state index contributed by atoms with van der Waals surface area (Å²) in [4.78, 5) is 3.32. The number of hydrogen-bond donors (Lipinski definition) is 2. The molecular weight excluding hydrogens is 378 g/mol. The summed E-state index contributed by atoms with van der Waals surface area (Å²) in [5.41, 5.74) is 5.44. The summed E-state index contributed by atoms with van der Waals surface area (Å²) in [6.07, 6.45) is -0.530. The Balaban J connectivity index is 0.000000152. The molecule has 8 nitrogen and oxygen atoms in total. The van der Waals surface area contributed by atoms with Gasteiger partial charge in [0, 0.05) is 0 Å². The van der Waals surface area contributed by atoms with Crippen LogP contribution in [0.1, 0.15) is 32.1 Å². The second kappa shape index (κ2) is 9.09. The largest absolute Gasteiger partial charge is 0.409 e. The number of amidine groups is 1. The van der Waals surface area contributed by atoms with Crippen LogP contribution in [0.2, 0.25) is 0 Å². The molecule has 4 heterocycles. The van der Waals surface area contributed by atoms with Crippen LogP contribution in [-0.2, 0) is 18.9 Å². The van der Waals surface area contributed by atoms with Crippen LogP contribution < -0.4 is 5.73 Å². The van der Waals surface area contributed by atoms with Gasteiger partial charge in [0.15, 0.2) is 18.4 Å². The minimum Gasteiger partial charge on any atom is -0.409 e. The van der Waals surface area contributed by atoms with Crippen molar-refractivity contribution in [3.8, 4) is 6.07 Å². The molecule has 2 aliphatic rings. The average molecular weight is 395 g/mol. The Bertz CT molecular complexity index is 786. The molecule has 0 amide bonds. The van der Waals surface area contributed by atoms with E-state index < -0.39 is 0 Å². The van der Waals surface area contributed by atoms with Crippen LogP contribution in [-0.4, -0.2) is 37.5 Å². The summed E-state index contributed by atoms with van der Waals surface area (Å²) >= 11 is 2.82. The van der Waals surface area contributed by atoms with Gasteiger partial charge in [-0.25, -0.2) is 0 Å². The van der Waals surface area contributed by atoms with Crippen molar-refractivity contribution in [1.82, 2.24) is 0 Å². The van der Waals surface area contributed by atoms with Gasteiger partial charge in [-0.3, -0.25) is 0 Å². The third-order valence-electron chi connectivity index (χ3n) is 3.43. The van der Waals surface area contributed by atoms with Crippen molar-refractivity contribution in [2.75, 3.05) is 26.4 Å². The van der Waals surface area contributed by atoms with Gasteiger partial charge in [0.05, 0.1) is 41.1 Å². The number of ether oxygens (including phenoxy) is 4. The highest BCUT2D eigenvalue weighted by Crippen LogP contribution is 2.30. The molecule has 3 N–H and O–H groups in total. The van der Waals surface area contributed by atoms with Gasteiger partial charge >= 0.3 is 0 Å². The summed E-state index contributed by atoms with van der Waals surface area (Å²) < 4.78 is 21.2. The number of nitrogens with zero attached hydrogens (tertiary/aromatic N) is 2. The second-order valence-corrected chi connectivity index (χ2v) is 7.38. The predicted molar refractivity (Wildman–Crippen MR) is 95.2 cm³/mol. The van der Waals surface area contributed by atoms with E-state index >= 15 is 0 Å². The van der Waals surface area contributed by atoms with Crippen LogP contribution in [0.5, 0.6) is 0 Å². The molecule has 0 spiro atoms. The second-order valence-electron chi connectivity index (χ2n) is 5.15. The molecule has 0 aliphatic carbocycles. The predicted octanol–water partition coefficient (Wildman–Crippen LogP) is 2.55. The van der Waals surface area contributed by atoms with Gasteiger partial charge in [0.2, 0.25) is 0 Å². The maximum atomic E-state index is 8.57. The molecule has 2 saturated heterocycles. The molecule has 2 aromatic heterocycles. The first-order valence-electron chi connectivity index (χ1n) is 7.75. The van der Waals surface area contributed by atoms with Gasteiger partial charge in [-0.2, -0.15) is 5.26 Å². The van der Waals surface area contributed by atoms with Crippen molar-refractivity contribution in [1.29, 1.82) is 5.26 Å². The maximum Gasteiger partial charge on any atom is 0.193 e. The first-order chi connectivity index (χ1) is 12.7. The quantitative estimate of drug-likeness (QED) is 0.355. The van der Waals surface area contributed by atoms with Crippen LogP contribution in [0.15, 0.2) is 29.4 Å². The van der Waals surface area contributed by atoms with Crippen molar-refractivity contribution in [2.24, 2.45) is 10.9 Å². The molecule has 10 heteroatoms. The Kier molecular flexibility index (Phi) is 6.56. The number of oxime groups is 1. The standard InChI is InChI=1S/C8H10N2O3S.C8H7NO2S/c9-7(10-11)5-1-2-6(14-5)8-12-3-4-13-8;9-5-6-1-2-7(12-6)8-10-3-4-11-8/h1-2,8,11H,3-4H2,(H2,9,10);1-2,8H,3-4H2. The van der Waals surface area contributed by atoms with E-state index in [0.717, 1.165) is 9.75 Å². The van der Waals surface area contributed by atoms with E-state index in [4.69, 9.17) is 35.2 Å². The van der Waals surface area contributed by atoms with Gasteiger partial charge < -0.3 is 29.9 Å². The maximum absolute atomic E-state index is 8.57. The highest BCUT2D eigenvalue weighted by molar-refractivity contribution is 7.14. The van der Waals surface area contributed by atoms with E-state index in [1.807, 2.05) is 12.1 Å². The Morgan fingerprint density at radius 2 is 1.54 bits per heavy atom. The van der Waals surface area contributed by atoms with Gasteiger partial charge in [-0.15, -0.1) is 22.7 Å². The van der Waals surface area contributed by atoms with Crippen molar-refractivity contribution in [2.45, 2.75) is 12.6 Å². The monoisotopic (exact) mass is 395 g/mol. The Hall–Kier alpha value is -2.00. The number of thiophene rings is 2. The molecular formula is C16H17N3O5S2. The van der Waals surface area contributed by atoms with E-state index in [2.05, 4.69) is 11.2 Å². The van der Waals surface area contributed by atoms with Gasteiger partial charge in [0.25, 0.3) is 0 Å². The smallest absolute Gasteiger partial charge is 0.193 e. The molecule has 2 fully saturated rings. The molecule has 2 aliphatic heterocycles. The lowest BCUT2D eigenvalue weighted by atomic mass is 10.4. The molecule has 0 bridgehead atoms. The first-order valence-corrected chi connectivity index (χ1v) is 9.38. The van der Waals surface area contributed by atoms with E-state index in [1.165, 1.54) is 22.7 Å². The average Bonchev–Trinajstić information content (AvgIpc) is 3.46. The zero-order valence-corrected chi connectivity index (χ0v) is 15.3. The molecule has 0 unspecified atom stereocenters. The topological polar surface area (TPSA) is 119 Å². The van der Waals surface area contributed by atoms with Crippen LogP contribution in [0.25, 0.3) is 0 Å². The molecule has 26 heavy (non-hydrogen) atoms. The lowest BCUT2D eigenvalue weighted by molar-refractivity contribution is -0.0415. The zero-order valence-electron chi connectivity index (χ0n) is 13.7. The number of nitriles is 1. The van der Waals surface area contributed by atoms with E-state index in [9.17, 15) is 0 Å². The molecule has 138 valence electrons. The SMILES string of the molecule is N#Cc1ccc(C2OCCO2)s1.N/C(=N\O)c1ccc(C2OCCO2)s1. The Morgan fingerprint density at radius 1 is 1.00 bits per heavy atom. The van der Waals surface area contributed by atoms with E-state index in [0.29, 0.717) is 36.2 Å². The van der Waals surface area contributed by atoms with Gasteiger partial charge in [-0.1, -0.05) is 5.16 Å². The van der Waals surface area contributed by atoms with Crippen molar-refractivity contribution >= 4 is 28.5 Å². The lowest BCUT2D eigenvalue weighted by Gasteiger charge is -2.04. The molecule has 0 atom stereocenters. The highest BCUT2D eigenvalue weighted by Gasteiger charge is 2.21. The van der Waals surface area contributed by atoms with Crippen molar-refractivity contribution in [3.63, 3.8) is 0 Å². The Labute approximate surface area is 158 Å². The van der Waals surface area contributed by atoms with E-state index in [-0.39, 0.29) is 18.4 Å². The van der Waals surface area contributed by atoms with Crippen LogP contribution in [0.4, 0.5) is 0 Å². The van der Waals surface area contributed by atoms with Gasteiger partial charge in [0.1, 0.15) is 10.9 Å². The number of nitrogens with two attached hydrogens (primary N) is 1. The normalized spacial score (nSPS) is 18.5. The summed E-state index contributed by atoms with van der Waals surface area (Å²) in [5.74, 6) is 0.110. The minimum atomic E-state index is -0.291. The number of hydrogen-bond acceptors (Lipinski definition) is 9. The fourth-order valence-electron chi connectivity index (χ4n) is 2.25. The lowest BCUT2D eigenvalue weighted by Crippen LogP contribution is -2.10. The van der Waals surface area contributed by atoms with E-state index in [1.54, 1.807) is 12.1 Å². The summed E-state index contributed by atoms with van der Waals surface area (Å²) in [5, 5.41) is 20.0. The molecule has 2 aromatic rings.